The predicted octanol–water partition coefficient (Wildman–Crippen LogP) is 5.85. The monoisotopic (exact) mass is 583 g/mol. The second-order valence-corrected chi connectivity index (χ2v) is 8.77. The molecule has 0 spiro atoms. The van der Waals surface area contributed by atoms with Crippen LogP contribution in [0.15, 0.2) is 57.5 Å². The van der Waals surface area contributed by atoms with E-state index >= 15 is 0 Å². The van der Waals surface area contributed by atoms with Crippen molar-refractivity contribution in [2.45, 2.75) is 32.0 Å². The number of nitrogens with one attached hydrogen (secondary N) is 1. The van der Waals surface area contributed by atoms with E-state index in [0.717, 1.165) is 6.08 Å². The Morgan fingerprint density at radius 1 is 1.15 bits per heavy atom. The number of allylic oxidation sites excluding steroid dienone is 1. The van der Waals surface area contributed by atoms with Crippen LogP contribution in [-0.2, 0) is 14.3 Å². The second kappa shape index (κ2) is 12.5. The first kappa shape index (κ1) is 26.6. The quantitative estimate of drug-likeness (QED) is 0.237. The third-order valence-corrected chi connectivity index (χ3v) is 5.72. The van der Waals surface area contributed by atoms with E-state index in [9.17, 15) is 19.5 Å². The Kier molecular flexibility index (Phi) is 10.1. The first-order valence-corrected chi connectivity index (χ1v) is 11.4. The minimum absolute atomic E-state index is 0.0974. The molecule has 33 heavy (non-hydrogen) atoms. The number of ketones is 1. The number of carboxylic acid groups (broad SMARTS) is 1. The predicted molar refractivity (Wildman–Crippen MR) is 130 cm³/mol. The van der Waals surface area contributed by atoms with Crippen LogP contribution in [0, 0.1) is 0 Å². The van der Waals surface area contributed by atoms with Crippen LogP contribution in [0.3, 0.4) is 0 Å². The van der Waals surface area contributed by atoms with Gasteiger partial charge in [0.1, 0.15) is 5.75 Å². The molecule has 176 valence electrons. The fraction of sp³-hybridized carbons (Fsp3) is 0.261. The van der Waals surface area contributed by atoms with Crippen LogP contribution in [0.4, 0.5) is 10.5 Å². The molecular formula is C23H23Br2NO7. The number of anilines is 1. The summed E-state index contributed by atoms with van der Waals surface area (Å²) in [6, 6.07) is 9.57. The molecule has 0 fully saturated rings. The van der Waals surface area contributed by atoms with Crippen molar-refractivity contribution in [2.75, 3.05) is 12.4 Å². The number of Topliss-reactive ketones (excluding diaryl/α,β-unsaturated/α-hetero) is 1. The number of halogens is 2. The number of aliphatic carboxylic acids is 1. The molecule has 1 amide bonds. The van der Waals surface area contributed by atoms with Crippen molar-refractivity contribution < 1.29 is 34.1 Å². The van der Waals surface area contributed by atoms with Gasteiger partial charge >= 0.3 is 12.1 Å². The van der Waals surface area contributed by atoms with Crippen LogP contribution in [-0.4, -0.2) is 41.3 Å². The zero-order valence-electron chi connectivity index (χ0n) is 17.9. The van der Waals surface area contributed by atoms with Crippen molar-refractivity contribution in [3.8, 4) is 5.75 Å². The van der Waals surface area contributed by atoms with E-state index in [0.29, 0.717) is 38.6 Å². The summed E-state index contributed by atoms with van der Waals surface area (Å²) >= 11 is 6.64. The van der Waals surface area contributed by atoms with E-state index in [2.05, 4.69) is 37.2 Å². The molecule has 0 aromatic heterocycles. The number of carboxylic acids is 1. The molecule has 0 unspecified atom stereocenters. The summed E-state index contributed by atoms with van der Waals surface area (Å²) in [6.07, 6.45) is 0.643. The highest BCUT2D eigenvalue weighted by Crippen LogP contribution is 2.39. The maximum Gasteiger partial charge on any atom is 0.412 e. The third-order valence-electron chi connectivity index (χ3n) is 4.65. The van der Waals surface area contributed by atoms with Crippen LogP contribution >= 0.6 is 31.9 Å². The highest BCUT2D eigenvalue weighted by atomic mass is 79.9. The highest BCUT2D eigenvalue weighted by Gasteiger charge is 2.30. The molecule has 8 nitrogen and oxygen atoms in total. The number of carbonyl (C=O) groups is 3. The molecule has 0 aliphatic heterocycles. The molecule has 10 heteroatoms. The molecule has 2 aromatic rings. The van der Waals surface area contributed by atoms with Crippen LogP contribution < -0.4 is 5.32 Å². The van der Waals surface area contributed by atoms with Crippen molar-refractivity contribution in [2.24, 2.45) is 0 Å². The normalized spacial score (nSPS) is 12.8. The van der Waals surface area contributed by atoms with Gasteiger partial charge in [0.05, 0.1) is 10.6 Å². The van der Waals surface area contributed by atoms with Gasteiger partial charge in [0.2, 0.25) is 0 Å². The highest BCUT2D eigenvalue weighted by molar-refractivity contribution is 9.11. The molecule has 0 aliphatic carbocycles. The number of phenolic OH excluding ortho intramolecular Hbond substituents is 1. The van der Waals surface area contributed by atoms with Crippen LogP contribution in [0.5, 0.6) is 5.75 Å². The summed E-state index contributed by atoms with van der Waals surface area (Å²) in [5, 5.41) is 22.0. The first-order valence-electron chi connectivity index (χ1n) is 9.81. The summed E-state index contributed by atoms with van der Waals surface area (Å²) in [7, 11) is 1.43. The van der Waals surface area contributed by atoms with E-state index in [-0.39, 0.29) is 11.5 Å². The maximum atomic E-state index is 12.7. The fourth-order valence-corrected chi connectivity index (χ4v) is 4.29. The van der Waals surface area contributed by atoms with E-state index in [1.165, 1.54) is 20.1 Å². The van der Waals surface area contributed by atoms with Crippen molar-refractivity contribution >= 4 is 55.4 Å². The molecule has 0 radical (unpaired) electrons. The van der Waals surface area contributed by atoms with Crippen molar-refractivity contribution in [1.29, 1.82) is 0 Å². The van der Waals surface area contributed by atoms with Gasteiger partial charge in [0.15, 0.2) is 11.9 Å². The van der Waals surface area contributed by atoms with Gasteiger partial charge in [-0.05, 0) is 72.1 Å². The van der Waals surface area contributed by atoms with Gasteiger partial charge in [-0.2, -0.15) is 0 Å². The van der Waals surface area contributed by atoms with Crippen LogP contribution in [0.2, 0.25) is 0 Å². The third kappa shape index (κ3) is 7.99. The fourth-order valence-electron chi connectivity index (χ4n) is 3.03. The molecular weight excluding hydrogens is 562 g/mol. The minimum atomic E-state index is -1.07. The van der Waals surface area contributed by atoms with E-state index < -0.39 is 24.3 Å². The average Bonchev–Trinajstić information content (AvgIpc) is 2.75. The lowest BCUT2D eigenvalue weighted by Crippen LogP contribution is -2.28. The summed E-state index contributed by atoms with van der Waals surface area (Å²) in [4.78, 5) is 34.8. The maximum absolute atomic E-state index is 12.7. The number of ether oxygens (including phenoxy) is 2. The van der Waals surface area contributed by atoms with Crippen LogP contribution in [0.1, 0.15) is 41.8 Å². The first-order chi connectivity index (χ1) is 15.6. The Bertz CT molecular complexity index is 1040. The number of carbonyl (C=O) groups excluding carboxylic acids is 2. The van der Waals surface area contributed by atoms with E-state index in [1.54, 1.807) is 36.4 Å². The van der Waals surface area contributed by atoms with Crippen molar-refractivity contribution in [1.82, 2.24) is 0 Å². The Balaban J connectivity index is 2.28. The molecule has 2 atom stereocenters. The lowest BCUT2D eigenvalue weighted by atomic mass is 9.99. The van der Waals surface area contributed by atoms with Crippen molar-refractivity contribution in [3.05, 3.63) is 68.6 Å². The topological polar surface area (TPSA) is 122 Å². The van der Waals surface area contributed by atoms with Gasteiger partial charge in [0, 0.05) is 34.5 Å². The Hall–Kier alpha value is -2.69. The molecule has 3 N–H and O–H groups in total. The molecule has 0 saturated carbocycles. The van der Waals surface area contributed by atoms with Crippen LogP contribution in [0.25, 0.3) is 0 Å². The number of phenols is 1. The zero-order valence-corrected chi connectivity index (χ0v) is 21.1. The Morgan fingerprint density at radius 2 is 1.82 bits per heavy atom. The lowest BCUT2D eigenvalue weighted by molar-refractivity contribution is -0.131. The number of methoxy groups -OCH3 is 1. The smallest absolute Gasteiger partial charge is 0.412 e. The minimum Gasteiger partial charge on any atom is -0.506 e. The molecule has 0 saturated heterocycles. The summed E-state index contributed by atoms with van der Waals surface area (Å²) in [5.41, 5.74) is 1.22. The zero-order chi connectivity index (χ0) is 24.5. The van der Waals surface area contributed by atoms with Gasteiger partial charge < -0.3 is 19.7 Å². The largest absolute Gasteiger partial charge is 0.506 e. The molecule has 2 rings (SSSR count). The van der Waals surface area contributed by atoms with Gasteiger partial charge in [-0.25, -0.2) is 9.59 Å². The summed E-state index contributed by atoms with van der Waals surface area (Å²) in [5.74, 6) is -1.29. The number of amides is 1. The molecule has 0 aliphatic rings. The molecule has 2 aromatic carbocycles. The average molecular weight is 585 g/mol. The van der Waals surface area contributed by atoms with Gasteiger partial charge in [0.25, 0.3) is 0 Å². The molecule has 0 bridgehead atoms. The number of rotatable bonds is 10. The second-order valence-electron chi connectivity index (χ2n) is 7.00. The summed E-state index contributed by atoms with van der Waals surface area (Å²) in [6.45, 7) is 1.44. The number of hydrogen-bond donors (Lipinski definition) is 3. The number of hydrogen-bond acceptors (Lipinski definition) is 6. The number of aromatic hydroxyl groups is 1. The SMILES string of the molecule is CO[C@H](CC/C=C/C(=O)O)[C@H](OC(=O)Nc1ccc(C(C)=O)cc1)c1cc(Br)cc(Br)c1O. The van der Waals surface area contributed by atoms with Gasteiger partial charge in [-0.15, -0.1) is 0 Å². The molecule has 0 heterocycles. The Morgan fingerprint density at radius 3 is 2.39 bits per heavy atom. The number of benzene rings is 2. The van der Waals surface area contributed by atoms with Gasteiger partial charge in [-0.3, -0.25) is 10.1 Å². The van der Waals surface area contributed by atoms with Crippen molar-refractivity contribution in [3.63, 3.8) is 0 Å². The van der Waals surface area contributed by atoms with E-state index in [4.69, 9.17) is 14.6 Å². The summed E-state index contributed by atoms with van der Waals surface area (Å²) < 4.78 is 12.2. The van der Waals surface area contributed by atoms with E-state index in [1.807, 2.05) is 0 Å². The lowest BCUT2D eigenvalue weighted by Gasteiger charge is -2.27. The standard InChI is InChI=1S/C23H23Br2NO7/c1-13(27)14-7-9-16(10-8-14)26-23(31)33-22(17-11-15(24)12-18(25)21(17)30)19(32-2)5-3-4-6-20(28)29/h4,6-12,19,22,30H,3,5H2,1-2H3,(H,26,31)(H,28,29)/b6-4+/t19-,22-/m1/s1. The van der Waals surface area contributed by atoms with Gasteiger partial charge in [-0.1, -0.05) is 22.0 Å². The Labute approximate surface area is 207 Å².